The van der Waals surface area contributed by atoms with Crippen molar-refractivity contribution in [3.8, 4) is 0 Å². The number of amides is 1. The van der Waals surface area contributed by atoms with Crippen LogP contribution in [0.5, 0.6) is 0 Å². The minimum Gasteiger partial charge on any atom is -0.331 e. The molecule has 35 heavy (non-hydrogen) atoms. The van der Waals surface area contributed by atoms with Crippen molar-refractivity contribution in [2.24, 2.45) is 17.8 Å². The number of hydrogen-bond donors (Lipinski definition) is 1. The maximum absolute atomic E-state index is 13.8. The summed E-state index contributed by atoms with van der Waals surface area (Å²) in [5, 5.41) is 3.58. The van der Waals surface area contributed by atoms with Crippen LogP contribution in [0.15, 0.2) is 48.5 Å². The molecule has 1 aromatic heterocycles. The van der Waals surface area contributed by atoms with Gasteiger partial charge in [0.15, 0.2) is 0 Å². The average molecular weight is 475 g/mol. The lowest BCUT2D eigenvalue weighted by Gasteiger charge is -2.24. The lowest BCUT2D eigenvalue weighted by Crippen LogP contribution is -2.33. The molecule has 1 unspecified atom stereocenters. The van der Waals surface area contributed by atoms with Crippen molar-refractivity contribution in [2.75, 3.05) is 6.54 Å². The largest absolute Gasteiger partial charge is 0.331 e. The van der Waals surface area contributed by atoms with Crippen LogP contribution in [0.4, 0.5) is 0 Å². The van der Waals surface area contributed by atoms with E-state index < -0.39 is 0 Å². The van der Waals surface area contributed by atoms with Crippen LogP contribution >= 0.6 is 0 Å². The Morgan fingerprint density at radius 1 is 1.09 bits per heavy atom. The van der Waals surface area contributed by atoms with Gasteiger partial charge in [-0.2, -0.15) is 0 Å². The number of rotatable bonds is 12. The minimum atomic E-state index is 0.0921. The average Bonchev–Trinajstić information content (AvgIpc) is 3.60. The molecule has 1 N–H and O–H groups in total. The number of nitrogens with zero attached hydrogens (tertiary/aromatic N) is 3. The molecule has 0 spiro atoms. The summed E-state index contributed by atoms with van der Waals surface area (Å²) in [5.74, 6) is 2.93. The first-order valence-corrected chi connectivity index (χ1v) is 13.4. The first kappa shape index (κ1) is 25.4. The molecule has 5 nitrogen and oxygen atoms in total. The summed E-state index contributed by atoms with van der Waals surface area (Å²) in [6, 6.07) is 16.9. The molecule has 1 amide bonds. The molecule has 2 aromatic carbocycles. The molecule has 0 radical (unpaired) electrons. The standard InChI is InChI=1S/C30H42N4O/c1-21(2)15-16-33(30(35)26-10-8-9-25(17-26)18-31-23(5)22(3)4)20-29-32-27-11-6-7-12-28(27)34(29)19-24-13-14-24/h6-12,17,21-24,31H,13-16,18-20H2,1-5H3. The molecule has 3 aromatic rings. The van der Waals surface area contributed by atoms with E-state index in [0.717, 1.165) is 54.4 Å². The topological polar surface area (TPSA) is 50.2 Å². The van der Waals surface area contributed by atoms with Gasteiger partial charge in [-0.1, -0.05) is 52.0 Å². The number of nitrogens with one attached hydrogen (secondary N) is 1. The Labute approximate surface area is 210 Å². The van der Waals surface area contributed by atoms with Crippen molar-refractivity contribution >= 4 is 16.9 Å². The SMILES string of the molecule is CC(C)CCN(Cc1nc2ccccc2n1CC1CC1)C(=O)c1cccc(CNC(C)C(C)C)c1. The molecular weight excluding hydrogens is 432 g/mol. The van der Waals surface area contributed by atoms with E-state index in [1.807, 2.05) is 23.1 Å². The van der Waals surface area contributed by atoms with Crippen LogP contribution in [-0.2, 0) is 19.6 Å². The minimum absolute atomic E-state index is 0.0921. The number of imidazole rings is 1. The van der Waals surface area contributed by atoms with Gasteiger partial charge in [0.05, 0.1) is 17.6 Å². The number of para-hydroxylation sites is 2. The van der Waals surface area contributed by atoms with E-state index in [-0.39, 0.29) is 5.91 Å². The number of hydrogen-bond acceptors (Lipinski definition) is 3. The molecule has 1 saturated carbocycles. The Balaban J connectivity index is 1.57. The fourth-order valence-corrected chi connectivity index (χ4v) is 4.36. The Kier molecular flexibility index (Phi) is 8.27. The van der Waals surface area contributed by atoms with Crippen molar-refractivity contribution in [1.82, 2.24) is 19.8 Å². The predicted octanol–water partition coefficient (Wildman–Crippen LogP) is 6.27. The van der Waals surface area contributed by atoms with Gasteiger partial charge in [-0.05, 0) is 73.8 Å². The second-order valence-electron chi connectivity index (χ2n) is 11.1. The smallest absolute Gasteiger partial charge is 0.254 e. The van der Waals surface area contributed by atoms with Gasteiger partial charge in [0.2, 0.25) is 0 Å². The highest BCUT2D eigenvalue weighted by Gasteiger charge is 2.26. The fraction of sp³-hybridized carbons (Fsp3) is 0.533. The van der Waals surface area contributed by atoms with E-state index in [1.165, 1.54) is 18.4 Å². The fourth-order valence-electron chi connectivity index (χ4n) is 4.36. The van der Waals surface area contributed by atoms with Crippen LogP contribution in [0.3, 0.4) is 0 Å². The molecule has 1 aliphatic rings. The molecule has 1 heterocycles. The molecule has 1 atom stereocenters. The van der Waals surface area contributed by atoms with E-state index >= 15 is 0 Å². The third-order valence-corrected chi connectivity index (χ3v) is 7.27. The van der Waals surface area contributed by atoms with Gasteiger partial charge >= 0.3 is 0 Å². The molecule has 0 bridgehead atoms. The molecule has 1 aliphatic carbocycles. The van der Waals surface area contributed by atoms with E-state index in [2.05, 4.69) is 74.8 Å². The van der Waals surface area contributed by atoms with Crippen LogP contribution in [0, 0.1) is 17.8 Å². The van der Waals surface area contributed by atoms with Crippen molar-refractivity contribution in [3.05, 3.63) is 65.5 Å². The molecule has 188 valence electrons. The number of carbonyl (C=O) groups excluding carboxylic acids is 1. The number of carbonyl (C=O) groups is 1. The van der Waals surface area contributed by atoms with Gasteiger partial charge in [0, 0.05) is 31.2 Å². The Bertz CT molecular complexity index is 1130. The first-order chi connectivity index (χ1) is 16.8. The van der Waals surface area contributed by atoms with Crippen LogP contribution in [0.25, 0.3) is 11.0 Å². The normalized spacial score (nSPS) is 14.7. The maximum Gasteiger partial charge on any atom is 0.254 e. The van der Waals surface area contributed by atoms with E-state index in [9.17, 15) is 4.79 Å². The number of aromatic nitrogens is 2. The van der Waals surface area contributed by atoms with Gasteiger partial charge in [-0.25, -0.2) is 4.98 Å². The van der Waals surface area contributed by atoms with Crippen LogP contribution in [0.2, 0.25) is 0 Å². The van der Waals surface area contributed by atoms with Crippen LogP contribution < -0.4 is 5.32 Å². The highest BCUT2D eigenvalue weighted by atomic mass is 16.2. The summed E-state index contributed by atoms with van der Waals surface area (Å²) in [5.41, 5.74) is 4.10. The second-order valence-corrected chi connectivity index (χ2v) is 11.1. The molecule has 1 fully saturated rings. The van der Waals surface area contributed by atoms with Crippen LogP contribution in [0.1, 0.15) is 75.6 Å². The Morgan fingerprint density at radius 2 is 1.86 bits per heavy atom. The van der Waals surface area contributed by atoms with Gasteiger partial charge in [-0.15, -0.1) is 0 Å². The van der Waals surface area contributed by atoms with Crippen molar-refractivity contribution in [3.63, 3.8) is 0 Å². The highest BCUT2D eigenvalue weighted by molar-refractivity contribution is 5.94. The van der Waals surface area contributed by atoms with E-state index in [4.69, 9.17) is 4.98 Å². The highest BCUT2D eigenvalue weighted by Crippen LogP contribution is 2.32. The summed E-state index contributed by atoms with van der Waals surface area (Å²) < 4.78 is 2.36. The summed E-state index contributed by atoms with van der Waals surface area (Å²) in [6.45, 7) is 14.1. The van der Waals surface area contributed by atoms with Crippen molar-refractivity contribution in [2.45, 2.75) is 79.6 Å². The molecule has 0 saturated heterocycles. The zero-order valence-corrected chi connectivity index (χ0v) is 22.1. The van der Waals surface area contributed by atoms with Gasteiger partial charge in [0.1, 0.15) is 5.82 Å². The van der Waals surface area contributed by atoms with E-state index in [1.54, 1.807) is 0 Å². The zero-order chi connectivity index (χ0) is 24.9. The molecular formula is C30H42N4O. The van der Waals surface area contributed by atoms with Gasteiger partial charge < -0.3 is 14.8 Å². The van der Waals surface area contributed by atoms with Crippen molar-refractivity contribution < 1.29 is 4.79 Å². The maximum atomic E-state index is 13.8. The lowest BCUT2D eigenvalue weighted by atomic mass is 10.1. The van der Waals surface area contributed by atoms with Gasteiger partial charge in [0.25, 0.3) is 5.91 Å². The zero-order valence-electron chi connectivity index (χ0n) is 22.1. The van der Waals surface area contributed by atoms with E-state index in [0.29, 0.717) is 24.4 Å². The monoisotopic (exact) mass is 474 g/mol. The Morgan fingerprint density at radius 3 is 2.57 bits per heavy atom. The quantitative estimate of drug-likeness (QED) is 0.337. The molecule has 5 heteroatoms. The Hall–Kier alpha value is -2.66. The number of benzene rings is 2. The summed E-state index contributed by atoms with van der Waals surface area (Å²) in [4.78, 5) is 20.8. The molecule has 0 aliphatic heterocycles. The summed E-state index contributed by atoms with van der Waals surface area (Å²) in [7, 11) is 0. The third-order valence-electron chi connectivity index (χ3n) is 7.27. The van der Waals surface area contributed by atoms with Gasteiger partial charge in [-0.3, -0.25) is 4.79 Å². The first-order valence-electron chi connectivity index (χ1n) is 13.4. The lowest BCUT2D eigenvalue weighted by molar-refractivity contribution is 0.0729. The third kappa shape index (κ3) is 6.72. The second kappa shape index (κ2) is 11.4. The summed E-state index contributed by atoms with van der Waals surface area (Å²) >= 11 is 0. The number of fused-ring (bicyclic) bond motifs is 1. The van der Waals surface area contributed by atoms with Crippen LogP contribution in [-0.4, -0.2) is 32.9 Å². The predicted molar refractivity (Wildman–Crippen MR) is 144 cm³/mol. The summed E-state index contributed by atoms with van der Waals surface area (Å²) in [6.07, 6.45) is 3.55. The molecule has 4 rings (SSSR count). The van der Waals surface area contributed by atoms with Crippen molar-refractivity contribution in [1.29, 1.82) is 0 Å².